The summed E-state index contributed by atoms with van der Waals surface area (Å²) in [6.45, 7) is 5.46. The van der Waals surface area contributed by atoms with Gasteiger partial charge in [0.1, 0.15) is 0 Å². The van der Waals surface area contributed by atoms with Crippen LogP contribution in [0, 0.1) is 0 Å². The summed E-state index contributed by atoms with van der Waals surface area (Å²) in [5.74, 6) is 0.0680. The number of unbranched alkanes of at least 4 members (excludes halogenated alkanes) is 1. The summed E-state index contributed by atoms with van der Waals surface area (Å²) in [4.78, 5) is 11.7. The number of hydrogen-bond donors (Lipinski definition) is 2. The minimum atomic E-state index is -0.166. The predicted octanol–water partition coefficient (Wildman–Crippen LogP) is 2.84. The highest BCUT2D eigenvalue weighted by atomic mass is 79.9. The monoisotopic (exact) mass is 312 g/mol. The van der Waals surface area contributed by atoms with Crippen LogP contribution < -0.4 is 10.6 Å². The van der Waals surface area contributed by atoms with Crippen LogP contribution in [0.4, 0.5) is 0 Å². The Morgan fingerprint density at radius 1 is 1.44 bits per heavy atom. The first-order valence-corrected chi connectivity index (χ1v) is 7.18. The summed E-state index contributed by atoms with van der Waals surface area (Å²) >= 11 is 3.43. The van der Waals surface area contributed by atoms with Crippen molar-refractivity contribution in [3.63, 3.8) is 0 Å². The number of benzene rings is 1. The fraction of sp³-hybridized carbons (Fsp3) is 0.500. The highest BCUT2D eigenvalue weighted by molar-refractivity contribution is 9.10. The van der Waals surface area contributed by atoms with E-state index in [1.54, 1.807) is 0 Å². The zero-order valence-corrected chi connectivity index (χ0v) is 12.6. The van der Waals surface area contributed by atoms with Gasteiger partial charge in [-0.1, -0.05) is 41.4 Å². The second-order valence-electron chi connectivity index (χ2n) is 4.38. The van der Waals surface area contributed by atoms with E-state index in [-0.39, 0.29) is 11.9 Å². The van der Waals surface area contributed by atoms with Crippen molar-refractivity contribution in [2.45, 2.75) is 39.3 Å². The molecule has 0 fully saturated rings. The summed E-state index contributed by atoms with van der Waals surface area (Å²) in [6.07, 6.45) is 2.13. The summed E-state index contributed by atoms with van der Waals surface area (Å²) < 4.78 is 1.06. The topological polar surface area (TPSA) is 41.1 Å². The lowest BCUT2D eigenvalue weighted by Gasteiger charge is -2.14. The van der Waals surface area contributed by atoms with E-state index < -0.39 is 0 Å². The smallest absolute Gasteiger partial charge is 0.236 e. The number of rotatable bonds is 7. The van der Waals surface area contributed by atoms with Crippen molar-refractivity contribution in [3.05, 3.63) is 34.3 Å². The lowest BCUT2D eigenvalue weighted by molar-refractivity contribution is -0.122. The third-order valence-corrected chi connectivity index (χ3v) is 3.22. The van der Waals surface area contributed by atoms with Gasteiger partial charge in [0.2, 0.25) is 5.91 Å². The first kappa shape index (κ1) is 15.2. The molecular weight excluding hydrogens is 292 g/mol. The maximum atomic E-state index is 11.7. The van der Waals surface area contributed by atoms with Gasteiger partial charge in [0.15, 0.2) is 0 Å². The zero-order valence-electron chi connectivity index (χ0n) is 11.0. The molecule has 0 heterocycles. The molecular formula is C14H21BrN2O. The maximum absolute atomic E-state index is 11.7. The molecule has 0 radical (unpaired) electrons. The molecule has 0 saturated heterocycles. The Kier molecular flexibility index (Phi) is 6.98. The average molecular weight is 313 g/mol. The highest BCUT2D eigenvalue weighted by Crippen LogP contribution is 2.11. The molecule has 1 aromatic rings. The van der Waals surface area contributed by atoms with Crippen LogP contribution in [0.5, 0.6) is 0 Å². The second-order valence-corrected chi connectivity index (χ2v) is 5.29. The fourth-order valence-corrected chi connectivity index (χ4v) is 2.00. The molecule has 0 aliphatic carbocycles. The quantitative estimate of drug-likeness (QED) is 0.760. The van der Waals surface area contributed by atoms with Crippen LogP contribution >= 0.6 is 15.9 Å². The first-order chi connectivity index (χ1) is 8.63. The molecule has 100 valence electrons. The normalized spacial score (nSPS) is 12.2. The molecule has 0 aliphatic rings. The van der Waals surface area contributed by atoms with E-state index in [4.69, 9.17) is 0 Å². The molecule has 0 aliphatic heterocycles. The largest absolute Gasteiger partial charge is 0.355 e. The molecule has 1 unspecified atom stereocenters. The van der Waals surface area contributed by atoms with Gasteiger partial charge in [0, 0.05) is 17.6 Å². The van der Waals surface area contributed by atoms with Crippen LogP contribution in [0.25, 0.3) is 0 Å². The van der Waals surface area contributed by atoms with E-state index in [0.717, 1.165) is 29.4 Å². The SMILES string of the molecule is CCCCNC(=O)C(C)NCc1cccc(Br)c1. The van der Waals surface area contributed by atoms with Crippen LogP contribution in [0.3, 0.4) is 0 Å². The Morgan fingerprint density at radius 2 is 2.22 bits per heavy atom. The molecule has 1 atom stereocenters. The molecule has 0 saturated carbocycles. The van der Waals surface area contributed by atoms with Crippen LogP contribution in [0.15, 0.2) is 28.7 Å². The van der Waals surface area contributed by atoms with Gasteiger partial charge in [-0.15, -0.1) is 0 Å². The summed E-state index contributed by atoms with van der Waals surface area (Å²) in [6, 6.07) is 7.91. The van der Waals surface area contributed by atoms with Gasteiger partial charge in [-0.3, -0.25) is 4.79 Å². The minimum absolute atomic E-state index is 0.0680. The number of hydrogen-bond acceptors (Lipinski definition) is 2. The molecule has 0 spiro atoms. The van der Waals surface area contributed by atoms with Crippen LogP contribution in [0.2, 0.25) is 0 Å². The molecule has 4 heteroatoms. The lowest BCUT2D eigenvalue weighted by Crippen LogP contribution is -2.42. The van der Waals surface area contributed by atoms with E-state index in [9.17, 15) is 4.79 Å². The Bertz CT molecular complexity index is 382. The average Bonchev–Trinajstić information content (AvgIpc) is 2.36. The molecule has 0 bridgehead atoms. The number of carbonyl (C=O) groups excluding carboxylic acids is 1. The zero-order chi connectivity index (χ0) is 13.4. The predicted molar refractivity (Wildman–Crippen MR) is 78.4 cm³/mol. The molecule has 2 N–H and O–H groups in total. The van der Waals surface area contributed by atoms with E-state index in [1.807, 2.05) is 25.1 Å². The molecule has 18 heavy (non-hydrogen) atoms. The summed E-state index contributed by atoms with van der Waals surface area (Å²) in [5.41, 5.74) is 1.16. The van der Waals surface area contributed by atoms with Crippen molar-refractivity contribution in [1.29, 1.82) is 0 Å². The van der Waals surface area contributed by atoms with Gasteiger partial charge in [-0.25, -0.2) is 0 Å². The van der Waals surface area contributed by atoms with Gasteiger partial charge in [0.25, 0.3) is 0 Å². The van der Waals surface area contributed by atoms with Crippen LogP contribution in [-0.4, -0.2) is 18.5 Å². The fourth-order valence-electron chi connectivity index (χ4n) is 1.55. The van der Waals surface area contributed by atoms with Gasteiger partial charge in [-0.05, 0) is 31.0 Å². The van der Waals surface area contributed by atoms with Gasteiger partial charge >= 0.3 is 0 Å². The molecule has 1 aromatic carbocycles. The Labute approximate surface area is 117 Å². The molecule has 0 aromatic heterocycles. The van der Waals surface area contributed by atoms with Crippen LogP contribution in [0.1, 0.15) is 32.3 Å². The van der Waals surface area contributed by atoms with E-state index in [2.05, 4.69) is 39.6 Å². The van der Waals surface area contributed by atoms with Crippen LogP contribution in [-0.2, 0) is 11.3 Å². The van der Waals surface area contributed by atoms with E-state index in [0.29, 0.717) is 6.54 Å². The van der Waals surface area contributed by atoms with E-state index >= 15 is 0 Å². The number of amides is 1. The van der Waals surface area contributed by atoms with Crippen molar-refractivity contribution in [1.82, 2.24) is 10.6 Å². The second kappa shape index (κ2) is 8.27. The van der Waals surface area contributed by atoms with Crippen molar-refractivity contribution in [2.24, 2.45) is 0 Å². The van der Waals surface area contributed by atoms with Crippen molar-refractivity contribution in [3.8, 4) is 0 Å². The van der Waals surface area contributed by atoms with Gasteiger partial charge < -0.3 is 10.6 Å². The Balaban J connectivity index is 2.32. The number of nitrogens with one attached hydrogen (secondary N) is 2. The number of halogens is 1. The number of carbonyl (C=O) groups is 1. The standard InChI is InChI=1S/C14H21BrN2O/c1-3-4-8-16-14(18)11(2)17-10-12-6-5-7-13(15)9-12/h5-7,9,11,17H,3-4,8,10H2,1-2H3,(H,16,18). The van der Waals surface area contributed by atoms with Crippen molar-refractivity contribution < 1.29 is 4.79 Å². The maximum Gasteiger partial charge on any atom is 0.236 e. The highest BCUT2D eigenvalue weighted by Gasteiger charge is 2.10. The third kappa shape index (κ3) is 5.65. The molecule has 1 amide bonds. The first-order valence-electron chi connectivity index (χ1n) is 6.39. The molecule has 1 rings (SSSR count). The van der Waals surface area contributed by atoms with Crippen molar-refractivity contribution >= 4 is 21.8 Å². The van der Waals surface area contributed by atoms with Gasteiger partial charge in [-0.2, -0.15) is 0 Å². The Morgan fingerprint density at radius 3 is 2.89 bits per heavy atom. The minimum Gasteiger partial charge on any atom is -0.355 e. The Hall–Kier alpha value is -0.870. The van der Waals surface area contributed by atoms with Crippen molar-refractivity contribution in [2.75, 3.05) is 6.54 Å². The van der Waals surface area contributed by atoms with Gasteiger partial charge in [0.05, 0.1) is 6.04 Å². The lowest BCUT2D eigenvalue weighted by atomic mass is 10.2. The summed E-state index contributed by atoms with van der Waals surface area (Å²) in [5, 5.41) is 6.14. The summed E-state index contributed by atoms with van der Waals surface area (Å²) in [7, 11) is 0. The van der Waals surface area contributed by atoms with E-state index in [1.165, 1.54) is 0 Å². The molecule has 3 nitrogen and oxygen atoms in total. The third-order valence-electron chi connectivity index (χ3n) is 2.72.